The Morgan fingerprint density at radius 3 is 2.96 bits per heavy atom. The molecule has 0 bridgehead atoms. The highest BCUT2D eigenvalue weighted by Gasteiger charge is 2.26. The summed E-state index contributed by atoms with van der Waals surface area (Å²) in [5.74, 6) is -0.216. The molecule has 0 saturated carbocycles. The summed E-state index contributed by atoms with van der Waals surface area (Å²) in [6, 6.07) is 6.43. The van der Waals surface area contributed by atoms with Gasteiger partial charge in [-0.05, 0) is 31.5 Å². The Morgan fingerprint density at radius 2 is 2.14 bits per heavy atom. The minimum atomic E-state index is -0.293. The van der Waals surface area contributed by atoms with Crippen LogP contribution in [0, 0.1) is 5.82 Å². The number of halogens is 1. The average Bonchev–Trinajstić information content (AvgIpc) is 3.21. The van der Waals surface area contributed by atoms with E-state index in [1.807, 2.05) is 11.4 Å². The third-order valence-electron chi connectivity index (χ3n) is 4.76. The summed E-state index contributed by atoms with van der Waals surface area (Å²) in [5, 5.41) is 5.26. The van der Waals surface area contributed by atoms with Gasteiger partial charge in [0.2, 0.25) is 5.91 Å². The van der Waals surface area contributed by atoms with Gasteiger partial charge in [-0.2, -0.15) is 0 Å². The summed E-state index contributed by atoms with van der Waals surface area (Å²) < 4.78 is 13.7. The maximum Gasteiger partial charge on any atom is 0.240 e. The van der Waals surface area contributed by atoms with Crippen LogP contribution < -0.4 is 5.32 Å². The van der Waals surface area contributed by atoms with Crippen LogP contribution in [-0.2, 0) is 4.79 Å². The molecule has 3 aromatic rings. The largest absolute Gasteiger partial charge is 0.301 e. The lowest BCUT2D eigenvalue weighted by molar-refractivity contribution is -0.117. The van der Waals surface area contributed by atoms with E-state index in [1.165, 1.54) is 23.5 Å². The zero-order valence-corrected chi connectivity index (χ0v) is 16.0. The Kier molecular flexibility index (Phi) is 5.68. The fraction of sp³-hybridized carbons (Fsp3) is 0.300. The fourth-order valence-corrected chi connectivity index (χ4v) is 4.12. The lowest BCUT2D eigenvalue weighted by Crippen LogP contribution is -2.40. The smallest absolute Gasteiger partial charge is 0.240 e. The molecule has 0 radical (unpaired) electrons. The molecule has 3 heterocycles. The highest BCUT2D eigenvalue weighted by atomic mass is 32.1. The second-order valence-electron chi connectivity index (χ2n) is 6.76. The molecule has 4 rings (SSSR count). The number of thiazole rings is 1. The predicted molar refractivity (Wildman–Crippen MR) is 107 cm³/mol. The molecule has 1 aliphatic rings. The first kappa shape index (κ1) is 18.6. The van der Waals surface area contributed by atoms with Crippen LogP contribution in [0.2, 0.25) is 0 Å². The van der Waals surface area contributed by atoms with E-state index in [2.05, 4.69) is 25.2 Å². The summed E-state index contributed by atoms with van der Waals surface area (Å²) in [6.07, 6.45) is 6.90. The Bertz CT molecular complexity index is 949. The molecule has 1 amide bonds. The molecule has 144 valence electrons. The van der Waals surface area contributed by atoms with Gasteiger partial charge in [-0.3, -0.25) is 19.7 Å². The van der Waals surface area contributed by atoms with E-state index < -0.39 is 0 Å². The van der Waals surface area contributed by atoms with Crippen LogP contribution in [0.5, 0.6) is 0 Å². The lowest BCUT2D eigenvalue weighted by atomic mass is 9.91. The highest BCUT2D eigenvalue weighted by molar-refractivity contribution is 7.13. The minimum absolute atomic E-state index is 0.0694. The van der Waals surface area contributed by atoms with E-state index in [4.69, 9.17) is 0 Å². The van der Waals surface area contributed by atoms with Crippen LogP contribution in [0.1, 0.15) is 24.5 Å². The van der Waals surface area contributed by atoms with E-state index in [9.17, 15) is 9.18 Å². The molecule has 2 aromatic heterocycles. The van der Waals surface area contributed by atoms with E-state index in [-0.39, 0.29) is 17.6 Å². The van der Waals surface area contributed by atoms with Gasteiger partial charge < -0.3 is 5.32 Å². The first-order valence-corrected chi connectivity index (χ1v) is 10.1. The van der Waals surface area contributed by atoms with E-state index in [1.54, 1.807) is 24.7 Å². The molecule has 28 heavy (non-hydrogen) atoms. The number of hydrogen-bond donors (Lipinski definition) is 1. The Hall–Kier alpha value is -2.71. The van der Waals surface area contributed by atoms with Crippen LogP contribution >= 0.6 is 11.3 Å². The number of nitrogens with zero attached hydrogens (tertiary/aromatic N) is 4. The van der Waals surface area contributed by atoms with Crippen molar-refractivity contribution >= 4 is 22.4 Å². The van der Waals surface area contributed by atoms with Crippen molar-refractivity contribution in [3.05, 3.63) is 59.7 Å². The van der Waals surface area contributed by atoms with Gasteiger partial charge in [-0.1, -0.05) is 12.1 Å². The number of rotatable bonds is 5. The summed E-state index contributed by atoms with van der Waals surface area (Å²) in [4.78, 5) is 27.5. The van der Waals surface area contributed by atoms with Crippen LogP contribution in [-0.4, -0.2) is 45.4 Å². The minimum Gasteiger partial charge on any atom is -0.301 e. The zero-order valence-electron chi connectivity index (χ0n) is 15.2. The third kappa shape index (κ3) is 4.40. The van der Waals surface area contributed by atoms with Crippen molar-refractivity contribution in [2.45, 2.75) is 18.8 Å². The normalized spacial score (nSPS) is 17.4. The van der Waals surface area contributed by atoms with Crippen molar-refractivity contribution < 1.29 is 9.18 Å². The molecule has 1 aliphatic heterocycles. The van der Waals surface area contributed by atoms with Crippen LogP contribution in [0.15, 0.2) is 48.2 Å². The maximum absolute atomic E-state index is 13.7. The molecule has 1 atom stereocenters. The Labute approximate surface area is 166 Å². The van der Waals surface area contributed by atoms with E-state index >= 15 is 0 Å². The topological polar surface area (TPSA) is 71.0 Å². The van der Waals surface area contributed by atoms with Crippen LogP contribution in [0.4, 0.5) is 9.52 Å². The van der Waals surface area contributed by atoms with Gasteiger partial charge in [0.1, 0.15) is 5.82 Å². The van der Waals surface area contributed by atoms with Gasteiger partial charge in [-0.25, -0.2) is 9.37 Å². The Morgan fingerprint density at radius 1 is 1.25 bits per heavy atom. The number of carbonyl (C=O) groups excluding carboxylic acids is 1. The molecule has 1 fully saturated rings. The number of carbonyl (C=O) groups is 1. The quantitative estimate of drug-likeness (QED) is 0.713. The van der Waals surface area contributed by atoms with Gasteiger partial charge >= 0.3 is 0 Å². The van der Waals surface area contributed by atoms with Gasteiger partial charge in [0, 0.05) is 42.0 Å². The number of hydrogen-bond acceptors (Lipinski definition) is 6. The molecule has 8 heteroatoms. The lowest BCUT2D eigenvalue weighted by Gasteiger charge is -2.32. The van der Waals surface area contributed by atoms with Crippen molar-refractivity contribution in [2.24, 2.45) is 0 Å². The van der Waals surface area contributed by atoms with E-state index in [0.717, 1.165) is 30.6 Å². The van der Waals surface area contributed by atoms with Gasteiger partial charge in [0.05, 0.1) is 17.9 Å². The maximum atomic E-state index is 13.7. The van der Waals surface area contributed by atoms with Crippen molar-refractivity contribution in [2.75, 3.05) is 25.0 Å². The molecule has 0 aliphatic carbocycles. The van der Waals surface area contributed by atoms with E-state index in [0.29, 0.717) is 23.9 Å². The SMILES string of the molecule is O=C(CN1CCCC(c2nccnc2-c2cccc(F)c2)C1)Nc1nccs1. The molecule has 1 saturated heterocycles. The highest BCUT2D eigenvalue weighted by Crippen LogP contribution is 2.31. The van der Waals surface area contributed by atoms with Gasteiger partial charge in [0.25, 0.3) is 0 Å². The first-order valence-electron chi connectivity index (χ1n) is 9.17. The number of nitrogens with one attached hydrogen (secondary N) is 1. The molecular formula is C20H20FN5OS. The number of likely N-dealkylation sites (tertiary alicyclic amines) is 1. The van der Waals surface area contributed by atoms with Crippen molar-refractivity contribution in [3.8, 4) is 11.3 Å². The summed E-state index contributed by atoms with van der Waals surface area (Å²) in [7, 11) is 0. The average molecular weight is 397 g/mol. The number of anilines is 1. The second kappa shape index (κ2) is 8.53. The van der Waals surface area contributed by atoms with Crippen molar-refractivity contribution in [1.82, 2.24) is 19.9 Å². The first-order chi connectivity index (χ1) is 13.7. The second-order valence-corrected chi connectivity index (χ2v) is 7.65. The third-order valence-corrected chi connectivity index (χ3v) is 5.45. The molecular weight excluding hydrogens is 377 g/mol. The number of benzene rings is 1. The van der Waals surface area contributed by atoms with Crippen molar-refractivity contribution in [1.29, 1.82) is 0 Å². The molecule has 1 N–H and O–H groups in total. The standard InChI is InChI=1S/C20H20FN5OS/c21-16-5-1-3-14(11-16)18-19(23-7-6-22-18)15-4-2-9-26(12-15)13-17(27)25-20-24-8-10-28-20/h1,3,5-8,10-11,15H,2,4,9,12-13H2,(H,24,25,27). The van der Waals surface area contributed by atoms with Gasteiger partial charge in [0.15, 0.2) is 5.13 Å². The molecule has 1 aromatic carbocycles. The van der Waals surface area contributed by atoms with Crippen LogP contribution in [0.25, 0.3) is 11.3 Å². The number of piperidine rings is 1. The number of aromatic nitrogens is 3. The predicted octanol–water partition coefficient (Wildman–Crippen LogP) is 3.56. The van der Waals surface area contributed by atoms with Crippen molar-refractivity contribution in [3.63, 3.8) is 0 Å². The monoisotopic (exact) mass is 397 g/mol. The number of amides is 1. The summed E-state index contributed by atoms with van der Waals surface area (Å²) in [5.41, 5.74) is 2.29. The fourth-order valence-electron chi connectivity index (χ4n) is 3.58. The van der Waals surface area contributed by atoms with Crippen LogP contribution in [0.3, 0.4) is 0 Å². The summed E-state index contributed by atoms with van der Waals surface area (Å²) >= 11 is 1.40. The zero-order chi connectivity index (χ0) is 19.3. The Balaban J connectivity index is 1.48. The molecule has 6 nitrogen and oxygen atoms in total. The summed E-state index contributed by atoms with van der Waals surface area (Å²) in [6.45, 7) is 1.88. The van der Waals surface area contributed by atoms with Gasteiger partial charge in [-0.15, -0.1) is 11.3 Å². The molecule has 1 unspecified atom stereocenters. The molecule has 0 spiro atoms.